The van der Waals surface area contributed by atoms with Crippen LogP contribution >= 0.6 is 11.3 Å². The third-order valence-corrected chi connectivity index (χ3v) is 3.68. The predicted octanol–water partition coefficient (Wildman–Crippen LogP) is 1.45. The third-order valence-electron chi connectivity index (χ3n) is 2.83. The highest BCUT2D eigenvalue weighted by molar-refractivity contribution is 7.12. The van der Waals surface area contributed by atoms with Gasteiger partial charge in [-0.25, -0.2) is 4.79 Å². The molecule has 0 amide bonds. The summed E-state index contributed by atoms with van der Waals surface area (Å²) < 4.78 is 2.43. The van der Waals surface area contributed by atoms with Crippen LogP contribution in [0.1, 0.15) is 5.56 Å². The molecule has 0 saturated heterocycles. The van der Waals surface area contributed by atoms with Gasteiger partial charge < -0.3 is 0 Å². The molecule has 0 aliphatic rings. The Morgan fingerprint density at radius 1 is 1.19 bits per heavy atom. The van der Waals surface area contributed by atoms with E-state index < -0.39 is 4.92 Å². The third kappa shape index (κ3) is 2.58. The highest BCUT2D eigenvalue weighted by atomic mass is 32.1. The van der Waals surface area contributed by atoms with Crippen LogP contribution in [0.3, 0.4) is 0 Å². The Bertz CT molecular complexity index is 819. The molecule has 8 nitrogen and oxygen atoms in total. The highest BCUT2D eigenvalue weighted by Gasteiger charge is 2.10. The summed E-state index contributed by atoms with van der Waals surface area (Å²) in [4.78, 5) is 22.3. The molecular weight excluding hydrogens is 294 g/mol. The van der Waals surface area contributed by atoms with Crippen LogP contribution in [0.4, 0.5) is 5.69 Å². The fourth-order valence-electron chi connectivity index (χ4n) is 1.80. The Hall–Kier alpha value is -2.81. The second-order valence-electron chi connectivity index (χ2n) is 4.21. The van der Waals surface area contributed by atoms with Gasteiger partial charge in [-0.3, -0.25) is 10.1 Å². The molecule has 0 saturated carbocycles. The minimum atomic E-state index is -0.469. The first-order valence-electron chi connectivity index (χ1n) is 5.95. The van der Waals surface area contributed by atoms with Gasteiger partial charge in [-0.05, 0) is 33.5 Å². The number of benzene rings is 1. The topological polar surface area (TPSA) is 95.8 Å². The zero-order chi connectivity index (χ0) is 14.8. The van der Waals surface area contributed by atoms with Crippen molar-refractivity contribution < 1.29 is 4.92 Å². The van der Waals surface area contributed by atoms with Crippen molar-refractivity contribution in [1.29, 1.82) is 0 Å². The van der Waals surface area contributed by atoms with Crippen LogP contribution in [-0.2, 0) is 6.54 Å². The van der Waals surface area contributed by atoms with E-state index >= 15 is 0 Å². The molecule has 0 radical (unpaired) electrons. The number of rotatable bonds is 4. The zero-order valence-corrected chi connectivity index (χ0v) is 11.4. The SMILES string of the molecule is O=c1n(Cc2ccc([N+](=O)[O-])cc2)nnn1-c1cccs1. The summed E-state index contributed by atoms with van der Waals surface area (Å²) in [7, 11) is 0. The van der Waals surface area contributed by atoms with Crippen molar-refractivity contribution in [3.05, 3.63) is 67.9 Å². The molecule has 2 aromatic heterocycles. The molecule has 0 unspecified atom stereocenters. The van der Waals surface area contributed by atoms with E-state index in [0.717, 1.165) is 5.56 Å². The first kappa shape index (κ1) is 13.2. The second-order valence-corrected chi connectivity index (χ2v) is 5.13. The molecule has 3 aromatic rings. The summed E-state index contributed by atoms with van der Waals surface area (Å²) in [5.41, 5.74) is 0.394. The van der Waals surface area contributed by atoms with Crippen LogP contribution in [-0.4, -0.2) is 24.7 Å². The molecule has 0 N–H and O–H groups in total. The lowest BCUT2D eigenvalue weighted by Crippen LogP contribution is -2.24. The molecule has 0 spiro atoms. The molecule has 0 aliphatic heterocycles. The quantitative estimate of drug-likeness (QED) is 0.537. The largest absolute Gasteiger partial charge is 0.369 e. The lowest BCUT2D eigenvalue weighted by molar-refractivity contribution is -0.384. The van der Waals surface area contributed by atoms with Crippen molar-refractivity contribution in [2.24, 2.45) is 0 Å². The second kappa shape index (κ2) is 5.29. The minimum Gasteiger partial charge on any atom is -0.258 e. The van der Waals surface area contributed by atoms with Gasteiger partial charge in [-0.2, -0.15) is 9.36 Å². The first-order valence-corrected chi connectivity index (χ1v) is 6.83. The van der Waals surface area contributed by atoms with Crippen LogP contribution in [0.2, 0.25) is 0 Å². The van der Waals surface area contributed by atoms with Gasteiger partial charge in [0.15, 0.2) is 0 Å². The molecule has 2 heterocycles. The van der Waals surface area contributed by atoms with E-state index in [0.29, 0.717) is 5.00 Å². The Kier molecular flexibility index (Phi) is 3.32. The van der Waals surface area contributed by atoms with Crippen LogP contribution in [0.25, 0.3) is 5.00 Å². The van der Waals surface area contributed by atoms with Crippen molar-refractivity contribution in [2.45, 2.75) is 6.54 Å². The smallest absolute Gasteiger partial charge is 0.258 e. The summed E-state index contributed by atoms with van der Waals surface area (Å²) in [6.07, 6.45) is 0. The average Bonchev–Trinajstić information content (AvgIpc) is 3.10. The van der Waals surface area contributed by atoms with Crippen molar-refractivity contribution in [2.75, 3.05) is 0 Å². The predicted molar refractivity (Wildman–Crippen MR) is 75.7 cm³/mol. The number of nitrogens with zero attached hydrogens (tertiary/aromatic N) is 5. The van der Waals surface area contributed by atoms with Gasteiger partial charge in [-0.15, -0.1) is 11.3 Å². The first-order chi connectivity index (χ1) is 10.1. The Labute approximate surface area is 122 Å². The fourth-order valence-corrected chi connectivity index (χ4v) is 2.47. The lowest BCUT2D eigenvalue weighted by atomic mass is 10.2. The monoisotopic (exact) mass is 303 g/mol. The van der Waals surface area contributed by atoms with E-state index in [9.17, 15) is 14.9 Å². The van der Waals surface area contributed by atoms with Crippen molar-refractivity contribution >= 4 is 17.0 Å². The number of nitro benzene ring substituents is 1. The number of thiophene rings is 1. The number of nitro groups is 1. The fraction of sp³-hybridized carbons (Fsp3) is 0.0833. The van der Waals surface area contributed by atoms with E-state index in [4.69, 9.17) is 0 Å². The molecule has 3 rings (SSSR count). The molecule has 106 valence electrons. The average molecular weight is 303 g/mol. The number of hydrogen-bond acceptors (Lipinski definition) is 6. The lowest BCUT2D eigenvalue weighted by Gasteiger charge is -1.99. The number of non-ortho nitro benzene ring substituents is 1. The van der Waals surface area contributed by atoms with Crippen molar-refractivity contribution in [3.63, 3.8) is 0 Å². The van der Waals surface area contributed by atoms with Gasteiger partial charge in [0.1, 0.15) is 5.00 Å². The summed E-state index contributed by atoms with van der Waals surface area (Å²) in [5.74, 6) is 0. The maximum absolute atomic E-state index is 12.1. The van der Waals surface area contributed by atoms with Crippen LogP contribution in [0, 0.1) is 10.1 Å². The van der Waals surface area contributed by atoms with E-state index in [1.807, 2.05) is 11.4 Å². The van der Waals surface area contributed by atoms with E-state index in [2.05, 4.69) is 10.4 Å². The molecule has 0 fully saturated rings. The van der Waals surface area contributed by atoms with Crippen LogP contribution in [0.15, 0.2) is 46.6 Å². The summed E-state index contributed by atoms with van der Waals surface area (Å²) in [5, 5.41) is 20.8. The van der Waals surface area contributed by atoms with Crippen LogP contribution < -0.4 is 5.69 Å². The molecular formula is C12H9N5O3S. The Morgan fingerprint density at radius 3 is 2.57 bits per heavy atom. The van der Waals surface area contributed by atoms with E-state index in [1.165, 1.54) is 32.8 Å². The van der Waals surface area contributed by atoms with Gasteiger partial charge in [0, 0.05) is 12.1 Å². The molecule has 1 aromatic carbocycles. The summed E-state index contributed by atoms with van der Waals surface area (Å²) in [6, 6.07) is 9.57. The summed E-state index contributed by atoms with van der Waals surface area (Å²) >= 11 is 1.39. The molecule has 0 bridgehead atoms. The maximum Gasteiger partial charge on any atom is 0.369 e. The number of tetrazole rings is 1. The van der Waals surface area contributed by atoms with Crippen molar-refractivity contribution in [1.82, 2.24) is 19.8 Å². The van der Waals surface area contributed by atoms with Gasteiger partial charge in [0.05, 0.1) is 11.5 Å². The molecule has 0 atom stereocenters. The number of aromatic nitrogens is 4. The molecule has 0 aliphatic carbocycles. The van der Waals surface area contributed by atoms with Gasteiger partial charge in [0.2, 0.25) is 0 Å². The molecule has 21 heavy (non-hydrogen) atoms. The van der Waals surface area contributed by atoms with Gasteiger partial charge in [-0.1, -0.05) is 12.1 Å². The highest BCUT2D eigenvalue weighted by Crippen LogP contribution is 2.13. The minimum absolute atomic E-state index is 0.00772. The zero-order valence-electron chi connectivity index (χ0n) is 10.6. The van der Waals surface area contributed by atoms with E-state index in [-0.39, 0.29) is 17.9 Å². The summed E-state index contributed by atoms with van der Waals surface area (Å²) in [6.45, 7) is 0.211. The van der Waals surface area contributed by atoms with Crippen molar-refractivity contribution in [3.8, 4) is 5.00 Å². The van der Waals surface area contributed by atoms with Gasteiger partial charge >= 0.3 is 5.69 Å². The number of hydrogen-bond donors (Lipinski definition) is 0. The molecule has 9 heteroatoms. The van der Waals surface area contributed by atoms with Gasteiger partial charge in [0.25, 0.3) is 5.69 Å². The Balaban J connectivity index is 1.86. The maximum atomic E-state index is 12.1. The van der Waals surface area contributed by atoms with E-state index in [1.54, 1.807) is 18.2 Å². The van der Waals surface area contributed by atoms with Crippen LogP contribution in [0.5, 0.6) is 0 Å². The normalized spacial score (nSPS) is 10.7. The Morgan fingerprint density at radius 2 is 1.95 bits per heavy atom. The standard InChI is InChI=1S/C12H9N5O3S/c18-12-15(13-14-16(12)11-2-1-7-21-11)8-9-3-5-10(6-4-9)17(19)20/h1-7H,8H2.